The van der Waals surface area contributed by atoms with Crippen molar-refractivity contribution >= 4 is 11.8 Å². The van der Waals surface area contributed by atoms with E-state index in [1.54, 1.807) is 33.8 Å². The highest BCUT2D eigenvalue weighted by molar-refractivity contribution is 5.97. The predicted molar refractivity (Wildman–Crippen MR) is 131 cm³/mol. The van der Waals surface area contributed by atoms with Crippen molar-refractivity contribution < 1.29 is 45.0 Å². The Labute approximate surface area is 216 Å². The van der Waals surface area contributed by atoms with E-state index in [1.165, 1.54) is 13.0 Å². The van der Waals surface area contributed by atoms with Gasteiger partial charge in [0.15, 0.2) is 5.78 Å². The van der Waals surface area contributed by atoms with Gasteiger partial charge in [-0.2, -0.15) is 0 Å². The average Bonchev–Trinajstić information content (AvgIpc) is 2.98. The molecule has 206 valence electrons. The quantitative estimate of drug-likeness (QED) is 0.287. The summed E-state index contributed by atoms with van der Waals surface area (Å²) in [5.41, 5.74) is -9.56. The average molecular weight is 521 g/mol. The zero-order valence-electron chi connectivity index (χ0n) is 22.2. The molecule has 1 heterocycles. The molecule has 0 amide bonds. The number of ketones is 1. The van der Waals surface area contributed by atoms with Gasteiger partial charge in [0.25, 0.3) is 0 Å². The van der Waals surface area contributed by atoms with E-state index in [0.29, 0.717) is 12.0 Å². The van der Waals surface area contributed by atoms with Gasteiger partial charge < -0.3 is 35.4 Å². The highest BCUT2D eigenvalue weighted by Gasteiger charge is 2.81. The van der Waals surface area contributed by atoms with E-state index in [4.69, 9.17) is 4.74 Å². The molecule has 1 aliphatic heterocycles. The molecule has 9 nitrogen and oxygen atoms in total. The van der Waals surface area contributed by atoms with Crippen molar-refractivity contribution in [2.45, 2.75) is 114 Å². The first kappa shape index (κ1) is 27.0. The number of cyclic esters (lactones) is 1. The van der Waals surface area contributed by atoms with Crippen molar-refractivity contribution in [2.75, 3.05) is 0 Å². The molecule has 4 aliphatic carbocycles. The van der Waals surface area contributed by atoms with Crippen molar-refractivity contribution in [3.63, 3.8) is 0 Å². The molecule has 0 spiro atoms. The van der Waals surface area contributed by atoms with Gasteiger partial charge in [0.2, 0.25) is 0 Å². The molecular weight excluding hydrogens is 480 g/mol. The normalized spacial score (nSPS) is 53.2. The van der Waals surface area contributed by atoms with Crippen LogP contribution < -0.4 is 0 Å². The van der Waals surface area contributed by atoms with Crippen molar-refractivity contribution in [3.05, 3.63) is 23.3 Å². The van der Waals surface area contributed by atoms with E-state index < -0.39 is 75.8 Å². The summed E-state index contributed by atoms with van der Waals surface area (Å²) in [4.78, 5) is 25.7. The fourth-order valence-electron chi connectivity index (χ4n) is 8.99. The van der Waals surface area contributed by atoms with Crippen LogP contribution in [0.25, 0.3) is 0 Å². The molecule has 5 rings (SSSR count). The standard InChI is InChI=1S/C28H40O9/c1-14-11-21(37-22(32)15(14)2)25(5,33)27(35)13-20(31)28(36)17-12-19(30)26(34)9-6-7-18(29)24(26,4)16(17)8-10-23(27,28)3/h6-7,16-17,19-21,30-31,33-36H,8-13H2,1-5H3. The van der Waals surface area contributed by atoms with Crippen LogP contribution in [0.1, 0.15) is 73.1 Å². The number of esters is 1. The Bertz CT molecular complexity index is 1110. The largest absolute Gasteiger partial charge is 0.455 e. The van der Waals surface area contributed by atoms with Crippen molar-refractivity contribution in [1.82, 2.24) is 0 Å². The third-order valence-corrected chi connectivity index (χ3v) is 11.8. The molecule has 11 unspecified atom stereocenters. The van der Waals surface area contributed by atoms with Crippen LogP contribution in [0.5, 0.6) is 0 Å². The summed E-state index contributed by atoms with van der Waals surface area (Å²) >= 11 is 0. The first-order chi connectivity index (χ1) is 16.9. The van der Waals surface area contributed by atoms with Crippen LogP contribution in [-0.2, 0) is 14.3 Å². The molecule has 3 saturated carbocycles. The van der Waals surface area contributed by atoms with Crippen molar-refractivity contribution in [2.24, 2.45) is 22.7 Å². The lowest BCUT2D eigenvalue weighted by atomic mass is 9.40. The van der Waals surface area contributed by atoms with Gasteiger partial charge in [-0.25, -0.2) is 4.79 Å². The monoisotopic (exact) mass is 520 g/mol. The zero-order valence-corrected chi connectivity index (χ0v) is 22.2. The van der Waals surface area contributed by atoms with Crippen LogP contribution >= 0.6 is 0 Å². The molecule has 0 aromatic carbocycles. The first-order valence-electron chi connectivity index (χ1n) is 13.3. The number of carbonyl (C=O) groups is 2. The third-order valence-electron chi connectivity index (χ3n) is 11.8. The minimum Gasteiger partial charge on any atom is -0.455 e. The van der Waals surface area contributed by atoms with E-state index >= 15 is 0 Å². The van der Waals surface area contributed by atoms with Crippen LogP contribution in [0.15, 0.2) is 23.3 Å². The minimum absolute atomic E-state index is 0.0846. The van der Waals surface area contributed by atoms with E-state index in [9.17, 15) is 40.2 Å². The summed E-state index contributed by atoms with van der Waals surface area (Å²) in [5.74, 6) is -2.37. The highest BCUT2D eigenvalue weighted by Crippen LogP contribution is 2.71. The zero-order chi connectivity index (χ0) is 27.6. The van der Waals surface area contributed by atoms with Gasteiger partial charge in [0, 0.05) is 23.8 Å². The molecule has 0 saturated heterocycles. The summed E-state index contributed by atoms with van der Waals surface area (Å²) in [6, 6.07) is 0. The third kappa shape index (κ3) is 2.85. The molecule has 6 N–H and O–H groups in total. The number of allylic oxidation sites excluding steroid dienone is 1. The van der Waals surface area contributed by atoms with Crippen LogP contribution in [0.3, 0.4) is 0 Å². The summed E-state index contributed by atoms with van der Waals surface area (Å²) in [5, 5.41) is 70.8. The molecular formula is C28H40O9. The molecule has 9 heteroatoms. The number of carbonyl (C=O) groups excluding carboxylic acids is 2. The number of hydrogen-bond donors (Lipinski definition) is 6. The first-order valence-corrected chi connectivity index (χ1v) is 13.3. The maximum absolute atomic E-state index is 13.3. The number of aliphatic hydroxyl groups is 6. The lowest BCUT2D eigenvalue weighted by Crippen LogP contribution is -2.76. The fraction of sp³-hybridized carbons (Fsp3) is 0.786. The molecule has 0 aromatic rings. The van der Waals surface area contributed by atoms with E-state index in [2.05, 4.69) is 0 Å². The van der Waals surface area contributed by atoms with Crippen LogP contribution in [0.4, 0.5) is 0 Å². The van der Waals surface area contributed by atoms with Crippen LogP contribution in [-0.4, -0.2) is 83.1 Å². The van der Waals surface area contributed by atoms with Crippen LogP contribution in [0, 0.1) is 22.7 Å². The van der Waals surface area contributed by atoms with E-state index in [-0.39, 0.29) is 31.5 Å². The second-order valence-corrected chi connectivity index (χ2v) is 13.0. The summed E-state index contributed by atoms with van der Waals surface area (Å²) < 4.78 is 5.55. The Balaban J connectivity index is 1.59. The Morgan fingerprint density at radius 2 is 1.70 bits per heavy atom. The van der Waals surface area contributed by atoms with Gasteiger partial charge in [-0.1, -0.05) is 18.6 Å². The molecule has 0 radical (unpaired) electrons. The van der Waals surface area contributed by atoms with Crippen molar-refractivity contribution in [1.29, 1.82) is 0 Å². The second kappa shape index (κ2) is 7.73. The molecule has 11 atom stereocenters. The Morgan fingerprint density at radius 3 is 2.32 bits per heavy atom. The summed E-state index contributed by atoms with van der Waals surface area (Å²) in [6.45, 7) is 8.00. The Kier molecular flexibility index (Phi) is 5.64. The Morgan fingerprint density at radius 1 is 1.05 bits per heavy atom. The second-order valence-electron chi connectivity index (χ2n) is 13.0. The highest BCUT2D eigenvalue weighted by atomic mass is 16.6. The summed E-state index contributed by atoms with van der Waals surface area (Å²) in [7, 11) is 0. The number of rotatable bonds is 2. The molecule has 0 bridgehead atoms. The Hall–Kier alpha value is -1.62. The van der Waals surface area contributed by atoms with Gasteiger partial charge in [-0.05, 0) is 71.3 Å². The van der Waals surface area contributed by atoms with E-state index in [0.717, 1.165) is 5.57 Å². The van der Waals surface area contributed by atoms with Gasteiger partial charge in [0.05, 0.1) is 17.6 Å². The smallest absolute Gasteiger partial charge is 0.334 e. The molecule has 0 aromatic heterocycles. The maximum atomic E-state index is 13.3. The lowest BCUT2D eigenvalue weighted by Gasteiger charge is -2.66. The van der Waals surface area contributed by atoms with Gasteiger partial charge >= 0.3 is 5.97 Å². The number of hydrogen-bond acceptors (Lipinski definition) is 9. The molecule has 3 fully saturated rings. The molecule has 5 aliphatic rings. The lowest BCUT2D eigenvalue weighted by molar-refractivity contribution is -0.307. The topological polar surface area (TPSA) is 165 Å². The molecule has 37 heavy (non-hydrogen) atoms. The van der Waals surface area contributed by atoms with Crippen molar-refractivity contribution in [3.8, 4) is 0 Å². The number of fused-ring (bicyclic) bond motifs is 5. The fourth-order valence-corrected chi connectivity index (χ4v) is 8.99. The van der Waals surface area contributed by atoms with Gasteiger partial charge in [-0.15, -0.1) is 0 Å². The number of ether oxygens (including phenoxy) is 1. The summed E-state index contributed by atoms with van der Waals surface area (Å²) in [6.07, 6.45) is -0.764. The van der Waals surface area contributed by atoms with Gasteiger partial charge in [0.1, 0.15) is 28.5 Å². The maximum Gasteiger partial charge on any atom is 0.334 e. The SMILES string of the molecule is CC1=C(C)C(=O)OC(C(C)(O)C2(O)CC(O)C3(O)C4CC(O)C5(O)CC=CC(=O)C5(C)C4CCC32C)C1. The van der Waals surface area contributed by atoms with Crippen LogP contribution in [0.2, 0.25) is 0 Å². The van der Waals surface area contributed by atoms with E-state index in [1.807, 2.05) is 0 Å². The predicted octanol–water partition coefficient (Wildman–Crippen LogP) is 0.680. The minimum atomic E-state index is -2.08. The number of aliphatic hydroxyl groups excluding tert-OH is 2. The van der Waals surface area contributed by atoms with Gasteiger partial charge in [-0.3, -0.25) is 4.79 Å².